The number of carbonyl (C=O) groups excluding carboxylic acids is 1. The van der Waals surface area contributed by atoms with Gasteiger partial charge < -0.3 is 15.8 Å². The first-order valence-corrected chi connectivity index (χ1v) is 8.28. The van der Waals surface area contributed by atoms with Crippen molar-refractivity contribution in [1.29, 1.82) is 0 Å². The topological polar surface area (TPSA) is 111 Å². The minimum Gasteiger partial charge on any atom is -0.496 e. The number of hydrogen-bond acceptors (Lipinski definition) is 5. The lowest BCUT2D eigenvalue weighted by atomic mass is 10.1. The van der Waals surface area contributed by atoms with Crippen LogP contribution in [0.25, 0.3) is 0 Å². The van der Waals surface area contributed by atoms with Gasteiger partial charge in [-0.1, -0.05) is 11.6 Å². The van der Waals surface area contributed by atoms with Crippen LogP contribution in [0.3, 0.4) is 0 Å². The van der Waals surface area contributed by atoms with Crippen LogP contribution in [0.15, 0.2) is 34.7 Å². The maximum Gasteiger partial charge on any atom is 0.252 e. The Morgan fingerprint density at radius 1 is 1.45 bits per heavy atom. The molecular formula is C14H19N3O4S. The van der Waals surface area contributed by atoms with E-state index in [1.807, 2.05) is 6.08 Å². The van der Waals surface area contributed by atoms with Gasteiger partial charge in [0.2, 0.25) is 10.0 Å². The molecular weight excluding hydrogens is 306 g/mol. The average Bonchev–Trinajstić information content (AvgIpc) is 2.53. The van der Waals surface area contributed by atoms with Gasteiger partial charge in [-0.3, -0.25) is 4.79 Å². The molecule has 0 bridgehead atoms. The fourth-order valence-electron chi connectivity index (χ4n) is 2.15. The molecule has 1 aliphatic heterocycles. The van der Waals surface area contributed by atoms with Gasteiger partial charge in [0.1, 0.15) is 5.75 Å². The Balaban J connectivity index is 2.20. The van der Waals surface area contributed by atoms with Gasteiger partial charge >= 0.3 is 0 Å². The van der Waals surface area contributed by atoms with Crippen LogP contribution < -0.4 is 20.5 Å². The van der Waals surface area contributed by atoms with Crippen LogP contribution in [0.5, 0.6) is 5.75 Å². The minimum atomic E-state index is -3.72. The summed E-state index contributed by atoms with van der Waals surface area (Å²) in [7, 11) is -2.33. The summed E-state index contributed by atoms with van der Waals surface area (Å²) >= 11 is 0. The Hall–Kier alpha value is -1.90. The number of benzene rings is 1. The maximum absolute atomic E-state index is 12.3. The first kappa shape index (κ1) is 16.5. The zero-order valence-corrected chi connectivity index (χ0v) is 13.1. The highest BCUT2D eigenvalue weighted by atomic mass is 32.2. The molecule has 0 spiro atoms. The summed E-state index contributed by atoms with van der Waals surface area (Å²) in [6.45, 7) is 1.83. The number of carbonyl (C=O) groups is 1. The average molecular weight is 325 g/mol. The van der Waals surface area contributed by atoms with Crippen LogP contribution in [0.2, 0.25) is 0 Å². The number of nitrogens with one attached hydrogen (secondary N) is 2. The van der Waals surface area contributed by atoms with E-state index < -0.39 is 15.9 Å². The lowest BCUT2D eigenvalue weighted by Crippen LogP contribution is -2.30. The summed E-state index contributed by atoms with van der Waals surface area (Å²) in [4.78, 5) is 11.4. The summed E-state index contributed by atoms with van der Waals surface area (Å²) in [5, 5.41) is 3.16. The Kier molecular flexibility index (Phi) is 5.17. The number of methoxy groups -OCH3 is 1. The molecule has 1 heterocycles. The molecule has 0 fully saturated rings. The van der Waals surface area contributed by atoms with E-state index in [2.05, 4.69) is 10.0 Å². The van der Waals surface area contributed by atoms with Crippen molar-refractivity contribution in [1.82, 2.24) is 10.0 Å². The van der Waals surface area contributed by atoms with Crippen molar-refractivity contribution in [2.24, 2.45) is 5.73 Å². The van der Waals surface area contributed by atoms with Crippen LogP contribution in [0, 0.1) is 0 Å². The summed E-state index contributed by atoms with van der Waals surface area (Å²) in [5.74, 6) is -0.498. The SMILES string of the molecule is COc1ccc(S(=O)(=O)NCC2=CCNCC2)cc1C(N)=O. The Morgan fingerprint density at radius 2 is 2.23 bits per heavy atom. The quantitative estimate of drug-likeness (QED) is 0.637. The molecule has 22 heavy (non-hydrogen) atoms. The highest BCUT2D eigenvalue weighted by Crippen LogP contribution is 2.22. The lowest BCUT2D eigenvalue weighted by Gasteiger charge is -2.15. The molecule has 0 aromatic heterocycles. The molecule has 4 N–H and O–H groups in total. The van der Waals surface area contributed by atoms with E-state index >= 15 is 0 Å². The van der Waals surface area contributed by atoms with Crippen molar-refractivity contribution in [3.63, 3.8) is 0 Å². The molecule has 1 aromatic carbocycles. The maximum atomic E-state index is 12.3. The lowest BCUT2D eigenvalue weighted by molar-refractivity contribution is 0.0997. The van der Waals surface area contributed by atoms with Gasteiger partial charge in [-0.05, 0) is 31.2 Å². The fraction of sp³-hybridized carbons (Fsp3) is 0.357. The first-order valence-electron chi connectivity index (χ1n) is 6.80. The number of sulfonamides is 1. The van der Waals surface area contributed by atoms with E-state index in [1.54, 1.807) is 0 Å². The molecule has 120 valence electrons. The second-order valence-electron chi connectivity index (χ2n) is 4.87. The van der Waals surface area contributed by atoms with Gasteiger partial charge in [0.25, 0.3) is 5.91 Å². The van der Waals surface area contributed by atoms with Crippen molar-refractivity contribution in [2.45, 2.75) is 11.3 Å². The summed E-state index contributed by atoms with van der Waals surface area (Å²) in [6, 6.07) is 4.02. The van der Waals surface area contributed by atoms with Gasteiger partial charge in [0.05, 0.1) is 17.6 Å². The van der Waals surface area contributed by atoms with E-state index in [0.29, 0.717) is 0 Å². The number of ether oxygens (including phenoxy) is 1. The predicted molar refractivity (Wildman–Crippen MR) is 82.3 cm³/mol. The van der Waals surface area contributed by atoms with Crippen molar-refractivity contribution >= 4 is 15.9 Å². The molecule has 0 atom stereocenters. The third-order valence-corrected chi connectivity index (χ3v) is 4.79. The molecule has 0 radical (unpaired) electrons. The first-order chi connectivity index (χ1) is 10.4. The van der Waals surface area contributed by atoms with Crippen molar-refractivity contribution < 1.29 is 17.9 Å². The predicted octanol–water partition coefficient (Wildman–Crippen LogP) is -0.00790. The Morgan fingerprint density at radius 3 is 2.82 bits per heavy atom. The smallest absolute Gasteiger partial charge is 0.252 e. The second-order valence-corrected chi connectivity index (χ2v) is 6.63. The van der Waals surface area contributed by atoms with Gasteiger partial charge in [-0.2, -0.15) is 0 Å². The Labute approximate surface area is 129 Å². The van der Waals surface area contributed by atoms with Crippen LogP contribution in [-0.2, 0) is 10.0 Å². The van der Waals surface area contributed by atoms with Crippen LogP contribution >= 0.6 is 0 Å². The molecule has 0 saturated carbocycles. The Bertz CT molecular complexity index is 698. The zero-order valence-electron chi connectivity index (χ0n) is 12.3. The monoisotopic (exact) mass is 325 g/mol. The zero-order chi connectivity index (χ0) is 16.2. The standard InChI is InChI=1S/C14H19N3O4S/c1-21-13-3-2-11(8-12(13)14(15)18)22(19,20)17-9-10-4-6-16-7-5-10/h2-4,8,16-17H,5-7,9H2,1H3,(H2,15,18). The third-order valence-electron chi connectivity index (χ3n) is 3.39. The number of hydrogen-bond donors (Lipinski definition) is 3. The van der Waals surface area contributed by atoms with E-state index in [0.717, 1.165) is 25.1 Å². The third kappa shape index (κ3) is 3.85. The molecule has 1 aliphatic rings. The molecule has 2 rings (SSSR count). The number of amides is 1. The normalized spacial score (nSPS) is 15.2. The van der Waals surface area contributed by atoms with Crippen LogP contribution in [-0.4, -0.2) is 41.1 Å². The van der Waals surface area contributed by atoms with Crippen molar-refractivity contribution in [2.75, 3.05) is 26.7 Å². The number of rotatable bonds is 6. The van der Waals surface area contributed by atoms with Gasteiger partial charge in [-0.25, -0.2) is 13.1 Å². The second kappa shape index (κ2) is 6.91. The molecule has 1 aromatic rings. The molecule has 8 heteroatoms. The van der Waals surface area contributed by atoms with Crippen molar-refractivity contribution in [3.8, 4) is 5.75 Å². The molecule has 1 amide bonds. The summed E-state index contributed by atoms with van der Waals surface area (Å²) < 4.78 is 32.1. The molecule has 0 aliphatic carbocycles. The fourth-order valence-corrected chi connectivity index (χ4v) is 3.21. The molecule has 0 unspecified atom stereocenters. The minimum absolute atomic E-state index is 0.0170. The number of primary amides is 1. The van der Waals surface area contributed by atoms with E-state index in [9.17, 15) is 13.2 Å². The van der Waals surface area contributed by atoms with E-state index in [1.165, 1.54) is 25.3 Å². The van der Waals surface area contributed by atoms with Gasteiger partial charge in [0, 0.05) is 13.1 Å². The van der Waals surface area contributed by atoms with Crippen LogP contribution in [0.1, 0.15) is 16.8 Å². The molecule has 7 nitrogen and oxygen atoms in total. The number of nitrogens with two attached hydrogens (primary N) is 1. The van der Waals surface area contributed by atoms with Crippen LogP contribution in [0.4, 0.5) is 0 Å². The largest absolute Gasteiger partial charge is 0.496 e. The summed E-state index contributed by atoms with van der Waals surface area (Å²) in [5.41, 5.74) is 6.31. The van der Waals surface area contributed by atoms with Gasteiger partial charge in [0.15, 0.2) is 0 Å². The summed E-state index contributed by atoms with van der Waals surface area (Å²) in [6.07, 6.45) is 2.77. The van der Waals surface area contributed by atoms with Gasteiger partial charge in [-0.15, -0.1) is 0 Å². The highest BCUT2D eigenvalue weighted by molar-refractivity contribution is 7.89. The van der Waals surface area contributed by atoms with Crippen molar-refractivity contribution in [3.05, 3.63) is 35.4 Å². The highest BCUT2D eigenvalue weighted by Gasteiger charge is 2.19. The van der Waals surface area contributed by atoms with E-state index in [-0.39, 0.29) is 22.8 Å². The van der Waals surface area contributed by atoms with E-state index in [4.69, 9.17) is 10.5 Å². The molecule has 0 saturated heterocycles.